The van der Waals surface area contributed by atoms with Crippen molar-refractivity contribution in [3.63, 3.8) is 0 Å². The number of rotatable bonds is 4. The van der Waals surface area contributed by atoms with Crippen molar-refractivity contribution >= 4 is 35.8 Å². The predicted molar refractivity (Wildman–Crippen MR) is 108 cm³/mol. The van der Waals surface area contributed by atoms with Gasteiger partial charge in [0.05, 0.1) is 6.54 Å². The zero-order valence-corrected chi connectivity index (χ0v) is 17.9. The lowest BCUT2D eigenvalue weighted by molar-refractivity contribution is -0.128. The second-order valence-electron chi connectivity index (χ2n) is 7.59. The Kier molecular flexibility index (Phi) is 10.1. The van der Waals surface area contributed by atoms with Crippen LogP contribution >= 0.6 is 24.0 Å². The van der Waals surface area contributed by atoms with Crippen molar-refractivity contribution in [2.24, 2.45) is 22.2 Å². The minimum Gasteiger partial charge on any atom is -0.357 e. The van der Waals surface area contributed by atoms with Gasteiger partial charge in [-0.25, -0.2) is 0 Å². The van der Waals surface area contributed by atoms with Crippen LogP contribution in [-0.4, -0.2) is 49.5 Å². The number of aliphatic imine (C=N–C) groups is 1. The van der Waals surface area contributed by atoms with Gasteiger partial charge < -0.3 is 15.5 Å². The van der Waals surface area contributed by atoms with Crippen molar-refractivity contribution in [3.8, 4) is 0 Å². The summed E-state index contributed by atoms with van der Waals surface area (Å²) < 4.78 is 0. The number of carbonyl (C=O) groups is 1. The molecule has 1 rings (SSSR count). The van der Waals surface area contributed by atoms with E-state index in [2.05, 4.69) is 41.3 Å². The zero-order chi connectivity index (χ0) is 16.8. The Hall–Kier alpha value is -0.530. The van der Waals surface area contributed by atoms with Crippen LogP contribution in [0.25, 0.3) is 0 Å². The summed E-state index contributed by atoms with van der Waals surface area (Å²) in [6, 6.07) is 0. The smallest absolute Gasteiger partial charge is 0.225 e. The molecule has 2 atom stereocenters. The van der Waals surface area contributed by atoms with Crippen LogP contribution in [0.2, 0.25) is 0 Å². The van der Waals surface area contributed by atoms with Crippen LogP contribution in [0.4, 0.5) is 0 Å². The molecule has 2 N–H and O–H groups in total. The molecule has 0 spiro atoms. The van der Waals surface area contributed by atoms with Crippen molar-refractivity contribution < 1.29 is 4.79 Å². The topological polar surface area (TPSA) is 56.7 Å². The fraction of sp³-hybridized carbons (Fsp3) is 0.882. The molecule has 0 aliphatic carbocycles. The molecule has 0 radical (unpaired) electrons. The maximum Gasteiger partial charge on any atom is 0.225 e. The third kappa shape index (κ3) is 8.22. The summed E-state index contributed by atoms with van der Waals surface area (Å²) in [5.74, 6) is 2.46. The lowest BCUT2D eigenvalue weighted by Gasteiger charge is -2.37. The third-order valence-corrected chi connectivity index (χ3v) is 3.84. The number of halogens is 1. The quantitative estimate of drug-likeness (QED) is 0.307. The van der Waals surface area contributed by atoms with Crippen LogP contribution in [0.15, 0.2) is 4.99 Å². The first-order valence-corrected chi connectivity index (χ1v) is 8.55. The van der Waals surface area contributed by atoms with Gasteiger partial charge in [-0.1, -0.05) is 34.6 Å². The molecule has 0 aromatic heterocycles. The van der Waals surface area contributed by atoms with Gasteiger partial charge in [0, 0.05) is 31.6 Å². The van der Waals surface area contributed by atoms with Crippen molar-refractivity contribution in [1.29, 1.82) is 0 Å². The SMILES string of the molecule is CCNC(=NCCNC(=O)C(C)(C)C)N1CC(C)CC(C)C1.I. The Morgan fingerprint density at radius 1 is 1.17 bits per heavy atom. The van der Waals surface area contributed by atoms with Crippen LogP contribution in [0.5, 0.6) is 0 Å². The van der Waals surface area contributed by atoms with Gasteiger partial charge in [-0.2, -0.15) is 0 Å². The summed E-state index contributed by atoms with van der Waals surface area (Å²) in [5, 5.41) is 6.32. The molecule has 0 bridgehead atoms. The van der Waals surface area contributed by atoms with Crippen LogP contribution in [0, 0.1) is 17.3 Å². The molecule has 136 valence electrons. The Balaban J connectivity index is 0.00000484. The zero-order valence-electron chi connectivity index (χ0n) is 15.6. The van der Waals surface area contributed by atoms with E-state index in [4.69, 9.17) is 0 Å². The molecule has 1 aliphatic heterocycles. The monoisotopic (exact) mass is 438 g/mol. The van der Waals surface area contributed by atoms with Crippen LogP contribution < -0.4 is 10.6 Å². The van der Waals surface area contributed by atoms with E-state index < -0.39 is 0 Å². The minimum atomic E-state index is -0.341. The fourth-order valence-electron chi connectivity index (χ4n) is 2.86. The molecule has 0 aromatic carbocycles. The van der Waals surface area contributed by atoms with Gasteiger partial charge in [-0.05, 0) is 25.2 Å². The van der Waals surface area contributed by atoms with Crippen LogP contribution in [-0.2, 0) is 4.79 Å². The standard InChI is InChI=1S/C17H34N4O.HI/c1-7-18-16(21-11-13(2)10-14(3)12-21)20-9-8-19-15(22)17(4,5)6;/h13-14H,7-12H2,1-6H3,(H,18,20)(H,19,22);1H. The Morgan fingerprint density at radius 3 is 2.22 bits per heavy atom. The lowest BCUT2D eigenvalue weighted by Crippen LogP contribution is -2.48. The Bertz CT molecular complexity index is 383. The van der Waals surface area contributed by atoms with Crippen molar-refractivity contribution in [3.05, 3.63) is 0 Å². The highest BCUT2D eigenvalue weighted by Crippen LogP contribution is 2.20. The molecular weight excluding hydrogens is 403 g/mol. The summed E-state index contributed by atoms with van der Waals surface area (Å²) in [6.45, 7) is 16.7. The maximum atomic E-state index is 11.8. The first-order chi connectivity index (χ1) is 10.2. The second kappa shape index (κ2) is 10.4. The van der Waals surface area contributed by atoms with E-state index in [1.165, 1.54) is 6.42 Å². The van der Waals surface area contributed by atoms with Crippen LogP contribution in [0.1, 0.15) is 48.0 Å². The predicted octanol–water partition coefficient (Wildman–Crippen LogP) is 2.71. The van der Waals surface area contributed by atoms with E-state index in [1.54, 1.807) is 0 Å². The number of guanidine groups is 1. The summed E-state index contributed by atoms with van der Waals surface area (Å²) >= 11 is 0. The molecule has 2 unspecified atom stereocenters. The minimum absolute atomic E-state index is 0. The lowest BCUT2D eigenvalue weighted by atomic mass is 9.92. The molecule has 1 aliphatic rings. The first-order valence-electron chi connectivity index (χ1n) is 8.55. The Labute approximate surface area is 159 Å². The summed E-state index contributed by atoms with van der Waals surface area (Å²) in [7, 11) is 0. The number of likely N-dealkylation sites (tertiary alicyclic amines) is 1. The number of hydrogen-bond donors (Lipinski definition) is 2. The molecular formula is C17H35IN4O. The summed E-state index contributed by atoms with van der Waals surface area (Å²) in [5.41, 5.74) is -0.341. The van der Waals surface area contributed by atoms with E-state index in [9.17, 15) is 4.79 Å². The van der Waals surface area contributed by atoms with Gasteiger partial charge in [-0.3, -0.25) is 9.79 Å². The first kappa shape index (κ1) is 22.5. The molecule has 0 aromatic rings. The highest BCUT2D eigenvalue weighted by molar-refractivity contribution is 14.0. The molecule has 5 nitrogen and oxygen atoms in total. The summed E-state index contributed by atoms with van der Waals surface area (Å²) in [6.07, 6.45) is 1.29. The normalized spacial score (nSPS) is 22.3. The highest BCUT2D eigenvalue weighted by Gasteiger charge is 2.24. The Morgan fingerprint density at radius 2 is 1.74 bits per heavy atom. The molecule has 1 heterocycles. The van der Waals surface area contributed by atoms with Crippen LogP contribution in [0.3, 0.4) is 0 Å². The average Bonchev–Trinajstić information content (AvgIpc) is 2.39. The molecule has 1 amide bonds. The number of carbonyl (C=O) groups excluding carboxylic acids is 1. The average molecular weight is 438 g/mol. The van der Waals surface area contributed by atoms with E-state index in [0.717, 1.165) is 25.6 Å². The van der Waals surface area contributed by atoms with E-state index in [-0.39, 0.29) is 35.3 Å². The van der Waals surface area contributed by atoms with Crippen molar-refractivity contribution in [2.75, 3.05) is 32.7 Å². The van der Waals surface area contributed by atoms with Gasteiger partial charge in [-0.15, -0.1) is 24.0 Å². The van der Waals surface area contributed by atoms with E-state index in [1.807, 2.05) is 20.8 Å². The molecule has 0 saturated carbocycles. The van der Waals surface area contributed by atoms with Gasteiger partial charge in [0.1, 0.15) is 0 Å². The highest BCUT2D eigenvalue weighted by atomic mass is 127. The second-order valence-corrected chi connectivity index (χ2v) is 7.59. The van der Waals surface area contributed by atoms with Gasteiger partial charge >= 0.3 is 0 Å². The number of nitrogens with zero attached hydrogens (tertiary/aromatic N) is 2. The third-order valence-electron chi connectivity index (χ3n) is 3.84. The number of piperidine rings is 1. The van der Waals surface area contributed by atoms with Crippen molar-refractivity contribution in [1.82, 2.24) is 15.5 Å². The largest absolute Gasteiger partial charge is 0.357 e. The number of amides is 1. The molecule has 1 saturated heterocycles. The fourth-order valence-corrected chi connectivity index (χ4v) is 2.86. The van der Waals surface area contributed by atoms with Gasteiger partial charge in [0.2, 0.25) is 5.91 Å². The molecule has 23 heavy (non-hydrogen) atoms. The molecule has 6 heteroatoms. The van der Waals surface area contributed by atoms with Gasteiger partial charge in [0.15, 0.2) is 5.96 Å². The van der Waals surface area contributed by atoms with Gasteiger partial charge in [0.25, 0.3) is 0 Å². The summed E-state index contributed by atoms with van der Waals surface area (Å²) in [4.78, 5) is 18.9. The van der Waals surface area contributed by atoms with E-state index in [0.29, 0.717) is 24.9 Å². The van der Waals surface area contributed by atoms with Crippen molar-refractivity contribution in [2.45, 2.75) is 48.0 Å². The number of nitrogens with one attached hydrogen (secondary N) is 2. The maximum absolute atomic E-state index is 11.8. The number of hydrogen-bond acceptors (Lipinski definition) is 2. The molecule has 1 fully saturated rings. The van der Waals surface area contributed by atoms with E-state index >= 15 is 0 Å².